The molecule has 0 aromatic heterocycles. The molecule has 5 heteroatoms. The third-order valence-electron chi connectivity index (χ3n) is 5.78. The molecule has 2 aliphatic rings. The van der Waals surface area contributed by atoms with Crippen LogP contribution in [-0.4, -0.2) is 5.60 Å². The van der Waals surface area contributed by atoms with Crippen LogP contribution in [0.1, 0.15) is 52.0 Å². The van der Waals surface area contributed by atoms with Crippen molar-refractivity contribution in [1.82, 2.24) is 0 Å². The molecular formula is C28H28N4O. The zero-order chi connectivity index (χ0) is 23.8. The topological polar surface area (TPSA) is 83.8 Å². The molecule has 33 heavy (non-hydrogen) atoms. The molecule has 3 rings (SSSR count). The third-order valence-corrected chi connectivity index (χ3v) is 5.78. The molecule has 0 bridgehead atoms. The summed E-state index contributed by atoms with van der Waals surface area (Å²) in [6.45, 7) is 5.87. The van der Waals surface area contributed by atoms with Crippen LogP contribution in [0.3, 0.4) is 0 Å². The number of nitriles is 3. The van der Waals surface area contributed by atoms with E-state index in [1.807, 2.05) is 61.5 Å². The van der Waals surface area contributed by atoms with Gasteiger partial charge in [-0.3, -0.25) is 0 Å². The summed E-state index contributed by atoms with van der Waals surface area (Å²) >= 11 is 0. The highest BCUT2D eigenvalue weighted by Gasteiger charge is 2.38. The van der Waals surface area contributed by atoms with Gasteiger partial charge in [0.2, 0.25) is 0 Å². The van der Waals surface area contributed by atoms with Gasteiger partial charge in [0.15, 0.2) is 11.3 Å². The third kappa shape index (κ3) is 5.43. The normalized spacial score (nSPS) is 16.2. The molecule has 0 atom stereocenters. The van der Waals surface area contributed by atoms with E-state index in [-0.39, 0.29) is 16.9 Å². The van der Waals surface area contributed by atoms with Crippen molar-refractivity contribution in [2.75, 3.05) is 4.90 Å². The second kappa shape index (κ2) is 10.5. The molecule has 2 aliphatic heterocycles. The molecular weight excluding hydrogens is 408 g/mol. The maximum atomic E-state index is 9.69. The Morgan fingerprint density at radius 1 is 1.00 bits per heavy atom. The molecule has 0 saturated heterocycles. The first-order valence-electron chi connectivity index (χ1n) is 11.3. The van der Waals surface area contributed by atoms with Crippen LogP contribution < -0.4 is 4.90 Å². The Bertz CT molecular complexity index is 1140. The first kappa shape index (κ1) is 23.6. The van der Waals surface area contributed by atoms with E-state index in [0.717, 1.165) is 17.7 Å². The highest BCUT2D eigenvalue weighted by molar-refractivity contribution is 5.63. The summed E-state index contributed by atoms with van der Waals surface area (Å²) in [6.07, 6.45) is 15.9. The number of rotatable bonds is 7. The quantitative estimate of drug-likeness (QED) is 0.359. The Kier molecular flexibility index (Phi) is 7.55. The number of anilines is 1. The summed E-state index contributed by atoms with van der Waals surface area (Å²) in [5.74, 6) is 0.0551. The van der Waals surface area contributed by atoms with Gasteiger partial charge < -0.3 is 9.64 Å². The van der Waals surface area contributed by atoms with Crippen molar-refractivity contribution in [3.8, 4) is 18.2 Å². The SMILES string of the molecule is CCCCCCc1ccc(N2C=CC(=CC3=C(C#N)C(=C(C#N)C#N)OC3(C)C)C=C2)cc1. The van der Waals surface area contributed by atoms with E-state index >= 15 is 0 Å². The van der Waals surface area contributed by atoms with Crippen molar-refractivity contribution in [2.45, 2.75) is 58.5 Å². The number of ether oxygens (including phenoxy) is 1. The largest absolute Gasteiger partial charge is 0.480 e. The average Bonchev–Trinajstić information content (AvgIpc) is 3.08. The van der Waals surface area contributed by atoms with E-state index in [1.165, 1.54) is 31.2 Å². The lowest BCUT2D eigenvalue weighted by Crippen LogP contribution is -2.21. The van der Waals surface area contributed by atoms with Crippen molar-refractivity contribution in [3.63, 3.8) is 0 Å². The highest BCUT2D eigenvalue weighted by Crippen LogP contribution is 2.40. The molecule has 2 heterocycles. The van der Waals surface area contributed by atoms with E-state index in [9.17, 15) is 15.8 Å². The fourth-order valence-corrected chi connectivity index (χ4v) is 3.91. The van der Waals surface area contributed by atoms with Crippen LogP contribution >= 0.6 is 0 Å². The maximum absolute atomic E-state index is 9.69. The summed E-state index contributed by atoms with van der Waals surface area (Å²) in [6, 6.07) is 14.4. The number of nitrogens with zero attached hydrogens (tertiary/aromatic N) is 4. The van der Waals surface area contributed by atoms with E-state index < -0.39 is 5.60 Å². The van der Waals surface area contributed by atoms with Crippen molar-refractivity contribution in [2.24, 2.45) is 0 Å². The number of aryl methyl sites for hydroxylation is 1. The van der Waals surface area contributed by atoms with Crippen LogP contribution in [0.15, 0.2) is 82.9 Å². The van der Waals surface area contributed by atoms with Gasteiger partial charge in [-0.1, -0.05) is 38.3 Å². The molecule has 0 saturated carbocycles. The molecule has 1 aromatic rings. The predicted octanol–water partition coefficient (Wildman–Crippen LogP) is 6.51. The second-order valence-electron chi connectivity index (χ2n) is 8.60. The lowest BCUT2D eigenvalue weighted by atomic mass is 9.93. The van der Waals surface area contributed by atoms with Gasteiger partial charge >= 0.3 is 0 Å². The minimum absolute atomic E-state index is 0.0551. The number of hydrogen-bond donors (Lipinski definition) is 0. The molecule has 0 spiro atoms. The molecule has 0 amide bonds. The minimum atomic E-state index is -0.821. The Hall–Kier alpha value is -4.01. The van der Waals surface area contributed by atoms with Crippen LogP contribution in [0.5, 0.6) is 0 Å². The van der Waals surface area contributed by atoms with Crippen molar-refractivity contribution >= 4 is 5.69 Å². The van der Waals surface area contributed by atoms with Gasteiger partial charge in [-0.15, -0.1) is 0 Å². The molecule has 0 radical (unpaired) electrons. The molecule has 166 valence electrons. The number of benzene rings is 1. The lowest BCUT2D eigenvalue weighted by molar-refractivity contribution is 0.0953. The van der Waals surface area contributed by atoms with Gasteiger partial charge in [0.25, 0.3) is 0 Å². The van der Waals surface area contributed by atoms with Crippen LogP contribution in [0.2, 0.25) is 0 Å². The van der Waals surface area contributed by atoms with Gasteiger partial charge in [0.1, 0.15) is 29.4 Å². The smallest absolute Gasteiger partial charge is 0.172 e. The Balaban J connectivity index is 1.77. The molecule has 0 unspecified atom stereocenters. The summed E-state index contributed by atoms with van der Waals surface area (Å²) in [5.41, 5.74) is 3.20. The molecule has 5 nitrogen and oxygen atoms in total. The summed E-state index contributed by atoms with van der Waals surface area (Å²) in [4.78, 5) is 2.04. The minimum Gasteiger partial charge on any atom is -0.480 e. The lowest BCUT2D eigenvalue weighted by Gasteiger charge is -2.22. The van der Waals surface area contributed by atoms with E-state index in [2.05, 4.69) is 37.3 Å². The summed E-state index contributed by atoms with van der Waals surface area (Å²) in [5, 5.41) is 28.1. The van der Waals surface area contributed by atoms with Gasteiger partial charge in [-0.05, 0) is 68.2 Å². The Morgan fingerprint density at radius 2 is 1.67 bits per heavy atom. The Labute approximate surface area is 196 Å². The molecule has 0 aliphatic carbocycles. The van der Waals surface area contributed by atoms with Crippen LogP contribution in [0, 0.1) is 34.0 Å². The average molecular weight is 437 g/mol. The van der Waals surface area contributed by atoms with Gasteiger partial charge in [-0.25, -0.2) is 0 Å². The van der Waals surface area contributed by atoms with Gasteiger partial charge in [-0.2, -0.15) is 15.8 Å². The highest BCUT2D eigenvalue weighted by atomic mass is 16.5. The number of unbranched alkanes of at least 4 members (excludes halogenated alkanes) is 3. The van der Waals surface area contributed by atoms with E-state index in [4.69, 9.17) is 4.74 Å². The van der Waals surface area contributed by atoms with Crippen LogP contribution in [0.25, 0.3) is 0 Å². The van der Waals surface area contributed by atoms with Gasteiger partial charge in [0.05, 0.1) is 0 Å². The van der Waals surface area contributed by atoms with E-state index in [0.29, 0.717) is 5.57 Å². The zero-order valence-corrected chi connectivity index (χ0v) is 19.4. The van der Waals surface area contributed by atoms with Crippen molar-refractivity contribution < 1.29 is 4.74 Å². The monoisotopic (exact) mass is 436 g/mol. The van der Waals surface area contributed by atoms with E-state index in [1.54, 1.807) is 0 Å². The number of allylic oxidation sites excluding steroid dienone is 5. The van der Waals surface area contributed by atoms with Crippen molar-refractivity contribution in [3.05, 3.63) is 88.5 Å². The second-order valence-corrected chi connectivity index (χ2v) is 8.60. The molecule has 0 fully saturated rings. The molecule has 1 aromatic carbocycles. The van der Waals surface area contributed by atoms with Crippen LogP contribution in [-0.2, 0) is 11.2 Å². The standard InChI is InChI=1S/C28H28N4O/c1-4-5-6-7-8-21-9-11-24(12-10-21)32-15-13-22(14-16-32)17-26-25(20-31)27(23(18-29)19-30)33-28(26,2)3/h9-17H,4-8H2,1-3H3. The maximum Gasteiger partial charge on any atom is 0.172 e. The fourth-order valence-electron chi connectivity index (χ4n) is 3.91. The fraction of sp³-hybridized carbons (Fsp3) is 0.321. The van der Waals surface area contributed by atoms with Crippen molar-refractivity contribution in [1.29, 1.82) is 15.8 Å². The molecule has 0 N–H and O–H groups in total. The zero-order valence-electron chi connectivity index (χ0n) is 19.4. The first-order chi connectivity index (χ1) is 15.9. The summed E-state index contributed by atoms with van der Waals surface area (Å²) < 4.78 is 5.83. The summed E-state index contributed by atoms with van der Waals surface area (Å²) in [7, 11) is 0. The Morgan fingerprint density at radius 3 is 2.24 bits per heavy atom. The van der Waals surface area contributed by atoms with Crippen LogP contribution in [0.4, 0.5) is 5.69 Å². The number of hydrogen-bond acceptors (Lipinski definition) is 5. The predicted molar refractivity (Wildman–Crippen MR) is 129 cm³/mol. The van der Waals surface area contributed by atoms with Gasteiger partial charge in [0, 0.05) is 23.7 Å². The first-order valence-corrected chi connectivity index (χ1v) is 11.3.